The van der Waals surface area contributed by atoms with Gasteiger partial charge in [0.2, 0.25) is 0 Å². The first-order valence-electron chi connectivity index (χ1n) is 7.27. The first-order chi connectivity index (χ1) is 8.92. The van der Waals surface area contributed by atoms with Gasteiger partial charge in [-0.05, 0) is 47.5 Å². The van der Waals surface area contributed by atoms with E-state index >= 15 is 0 Å². The Labute approximate surface area is 142 Å². The maximum absolute atomic E-state index is 2.40. The summed E-state index contributed by atoms with van der Waals surface area (Å²) in [4.78, 5) is 0. The van der Waals surface area contributed by atoms with Crippen LogP contribution >= 0.6 is 0 Å². The van der Waals surface area contributed by atoms with E-state index < -0.39 is 0 Å². The molecule has 20 heavy (non-hydrogen) atoms. The van der Waals surface area contributed by atoms with Gasteiger partial charge in [-0.15, -0.1) is 0 Å². The fourth-order valence-corrected chi connectivity index (χ4v) is 7.87. The monoisotopic (exact) mass is 350 g/mol. The highest BCUT2D eigenvalue weighted by atomic mass is 35.5. The second-order valence-corrected chi connectivity index (χ2v) is 10.2. The van der Waals surface area contributed by atoms with Crippen molar-refractivity contribution in [1.82, 2.24) is 0 Å². The highest BCUT2D eigenvalue weighted by molar-refractivity contribution is 7.96. The van der Waals surface area contributed by atoms with Crippen molar-refractivity contribution in [2.45, 2.75) is 37.2 Å². The lowest BCUT2D eigenvalue weighted by molar-refractivity contribution is -0.001000. The number of rotatable bonds is 4. The van der Waals surface area contributed by atoms with Crippen molar-refractivity contribution >= 4 is 21.8 Å². The van der Waals surface area contributed by atoms with Gasteiger partial charge in [0.15, 0.2) is 0 Å². The first-order valence-corrected chi connectivity index (χ1v) is 10.7. The van der Waals surface area contributed by atoms with E-state index in [1.54, 1.807) is 11.1 Å². The minimum Gasteiger partial charge on any atom is -1.00 e. The molecule has 3 rings (SSSR count). The molecule has 0 aliphatic carbocycles. The molecule has 2 aliphatic heterocycles. The zero-order valence-electron chi connectivity index (χ0n) is 12.0. The zero-order chi connectivity index (χ0) is 12.2. The minimum absolute atomic E-state index is 0. The van der Waals surface area contributed by atoms with Gasteiger partial charge in [-0.3, -0.25) is 0 Å². The molecular weight excluding hydrogens is 327 g/mol. The van der Waals surface area contributed by atoms with Crippen LogP contribution in [-0.4, -0.2) is 23.0 Å². The van der Waals surface area contributed by atoms with E-state index in [4.69, 9.17) is 0 Å². The molecule has 2 aliphatic rings. The number of benzene rings is 1. The Morgan fingerprint density at radius 1 is 0.650 bits per heavy atom. The third kappa shape index (κ3) is 5.05. The van der Waals surface area contributed by atoms with Crippen LogP contribution in [0.2, 0.25) is 0 Å². The van der Waals surface area contributed by atoms with Gasteiger partial charge in [-0.25, -0.2) is 0 Å². The molecule has 114 valence electrons. The van der Waals surface area contributed by atoms with Gasteiger partial charge >= 0.3 is 0 Å². The number of hydrogen-bond donors (Lipinski definition) is 0. The summed E-state index contributed by atoms with van der Waals surface area (Å²) in [6.45, 7) is 0. The van der Waals surface area contributed by atoms with Crippen LogP contribution in [0.3, 0.4) is 0 Å². The number of hydrogen-bond acceptors (Lipinski definition) is 0. The highest BCUT2D eigenvalue weighted by Crippen LogP contribution is 2.24. The quantitative estimate of drug-likeness (QED) is 0.527. The zero-order valence-corrected chi connectivity index (χ0v) is 15.1. The third-order valence-corrected chi connectivity index (χ3v) is 8.97. The van der Waals surface area contributed by atoms with Crippen LogP contribution in [0.1, 0.15) is 36.8 Å². The van der Waals surface area contributed by atoms with Crippen LogP contribution in [0.15, 0.2) is 24.3 Å². The smallest absolute Gasteiger partial charge is 0.133 e. The number of halogens is 2. The Kier molecular flexibility index (Phi) is 8.81. The normalized spacial score (nSPS) is 19.6. The summed E-state index contributed by atoms with van der Waals surface area (Å²) in [6, 6.07) is 9.30. The third-order valence-electron chi connectivity index (χ3n) is 4.07. The second kappa shape index (κ2) is 9.50. The second-order valence-electron chi connectivity index (χ2n) is 5.51. The van der Waals surface area contributed by atoms with E-state index in [2.05, 4.69) is 24.3 Å². The van der Waals surface area contributed by atoms with E-state index in [1.165, 1.54) is 60.2 Å². The van der Waals surface area contributed by atoms with E-state index in [0.29, 0.717) is 21.8 Å². The van der Waals surface area contributed by atoms with Crippen LogP contribution in [0.5, 0.6) is 0 Å². The molecule has 2 heterocycles. The van der Waals surface area contributed by atoms with Crippen molar-refractivity contribution in [3.63, 3.8) is 0 Å². The maximum Gasteiger partial charge on any atom is 0.133 e. The van der Waals surface area contributed by atoms with Crippen molar-refractivity contribution in [2.75, 3.05) is 23.0 Å². The van der Waals surface area contributed by atoms with Gasteiger partial charge in [0.25, 0.3) is 0 Å². The SMILES string of the molecule is [Cl-].[Cl-].c1ccc(C[S+]2CCCC2)c(C[S+]2CCCC2)c1. The Bertz CT molecular complexity index is 349. The molecule has 0 bridgehead atoms. The average Bonchev–Trinajstić information content (AvgIpc) is 3.05. The summed E-state index contributed by atoms with van der Waals surface area (Å²) in [5.74, 6) is 8.76. The van der Waals surface area contributed by atoms with E-state index in [1.807, 2.05) is 0 Å². The Morgan fingerprint density at radius 3 is 1.35 bits per heavy atom. The fraction of sp³-hybridized carbons (Fsp3) is 0.625. The van der Waals surface area contributed by atoms with E-state index in [9.17, 15) is 0 Å². The molecule has 4 heteroatoms. The molecule has 1 aromatic carbocycles. The van der Waals surface area contributed by atoms with Gasteiger partial charge in [-0.2, -0.15) is 0 Å². The molecule has 1 aromatic rings. The van der Waals surface area contributed by atoms with Crippen molar-refractivity contribution in [3.8, 4) is 0 Å². The van der Waals surface area contributed by atoms with E-state index in [0.717, 1.165) is 0 Å². The fourth-order valence-electron chi connectivity index (χ4n) is 3.00. The lowest BCUT2D eigenvalue weighted by Gasteiger charge is -2.08. The van der Waals surface area contributed by atoms with Gasteiger partial charge in [0.1, 0.15) is 34.5 Å². The van der Waals surface area contributed by atoms with Gasteiger partial charge in [0, 0.05) is 11.1 Å². The molecule has 2 fully saturated rings. The Balaban J connectivity index is 0.000001000. The molecule has 0 aromatic heterocycles. The minimum atomic E-state index is 0. The van der Waals surface area contributed by atoms with Crippen molar-refractivity contribution < 1.29 is 24.8 Å². The maximum atomic E-state index is 2.40. The summed E-state index contributed by atoms with van der Waals surface area (Å²) in [6.07, 6.45) is 5.93. The molecule has 0 radical (unpaired) electrons. The highest BCUT2D eigenvalue weighted by Gasteiger charge is 2.28. The Hall–Kier alpha value is 0.500. The standard InChI is InChI=1S/C16H24S2.2ClH/c1-2-8-16(14-18-11-5-6-12-18)15(7-1)13-17-9-3-4-10-17;;/h1-2,7-8H,3-6,9-14H2;2*1H/q+2;;/p-2. The van der Waals surface area contributed by atoms with Crippen molar-refractivity contribution in [1.29, 1.82) is 0 Å². The van der Waals surface area contributed by atoms with Crippen molar-refractivity contribution in [3.05, 3.63) is 35.4 Å². The van der Waals surface area contributed by atoms with Gasteiger partial charge < -0.3 is 24.8 Å². The summed E-state index contributed by atoms with van der Waals surface area (Å²) >= 11 is 0. The molecule has 0 nitrogen and oxygen atoms in total. The first kappa shape index (κ1) is 18.5. The van der Waals surface area contributed by atoms with Crippen molar-refractivity contribution in [2.24, 2.45) is 0 Å². The van der Waals surface area contributed by atoms with Crippen LogP contribution in [0.4, 0.5) is 0 Å². The van der Waals surface area contributed by atoms with Crippen LogP contribution in [0.25, 0.3) is 0 Å². The average molecular weight is 351 g/mol. The van der Waals surface area contributed by atoms with E-state index in [-0.39, 0.29) is 24.8 Å². The molecule has 0 unspecified atom stereocenters. The topological polar surface area (TPSA) is 0 Å². The molecule has 0 N–H and O–H groups in total. The van der Waals surface area contributed by atoms with Crippen LogP contribution in [0, 0.1) is 0 Å². The predicted molar refractivity (Wildman–Crippen MR) is 86.5 cm³/mol. The summed E-state index contributed by atoms with van der Waals surface area (Å²) < 4.78 is 0. The van der Waals surface area contributed by atoms with Crippen LogP contribution < -0.4 is 24.8 Å². The van der Waals surface area contributed by atoms with Gasteiger partial charge in [-0.1, -0.05) is 24.3 Å². The Morgan fingerprint density at radius 2 is 1.00 bits per heavy atom. The molecule has 0 saturated carbocycles. The van der Waals surface area contributed by atoms with Gasteiger partial charge in [0.05, 0.1) is 0 Å². The molecule has 0 amide bonds. The molecule has 2 saturated heterocycles. The predicted octanol–water partition coefficient (Wildman–Crippen LogP) is -2.48. The lowest BCUT2D eigenvalue weighted by Crippen LogP contribution is -3.00. The molecular formula is C16H24Cl2S2. The molecule has 0 spiro atoms. The summed E-state index contributed by atoms with van der Waals surface area (Å²) in [7, 11) is 1.42. The summed E-state index contributed by atoms with van der Waals surface area (Å²) in [5, 5.41) is 0. The molecule has 0 atom stereocenters. The van der Waals surface area contributed by atoms with Crippen LogP contribution in [-0.2, 0) is 33.3 Å². The lowest BCUT2D eigenvalue weighted by atomic mass is 10.1. The summed E-state index contributed by atoms with van der Waals surface area (Å²) in [5.41, 5.74) is 3.37. The largest absolute Gasteiger partial charge is 1.00 e.